The number of ether oxygens (including phenoxy) is 2. The molecule has 44 heavy (non-hydrogen) atoms. The van der Waals surface area contributed by atoms with Crippen molar-refractivity contribution in [3.8, 4) is 16.9 Å². The lowest BCUT2D eigenvalue weighted by Crippen LogP contribution is -2.48. The number of anilines is 1. The maximum Gasteiger partial charge on any atom is 0.265 e. The third-order valence-electron chi connectivity index (χ3n) is 7.83. The van der Waals surface area contributed by atoms with Gasteiger partial charge in [-0.1, -0.05) is 59.6 Å². The van der Waals surface area contributed by atoms with E-state index in [1.807, 2.05) is 62.4 Å². The number of likely N-dealkylation sites (N-methyl/N-ethyl adjacent to an activating group) is 1. The number of halogens is 2. The van der Waals surface area contributed by atoms with Crippen LogP contribution in [-0.4, -0.2) is 86.6 Å². The summed E-state index contributed by atoms with van der Waals surface area (Å²) in [4.78, 5) is 44.4. The van der Waals surface area contributed by atoms with E-state index in [1.165, 1.54) is 4.90 Å². The first-order valence-electron chi connectivity index (χ1n) is 14.6. The average Bonchev–Trinajstić information content (AvgIpc) is 3.02. The van der Waals surface area contributed by atoms with Crippen molar-refractivity contribution in [2.75, 3.05) is 57.9 Å². The molecule has 3 amide bonds. The standard InChI is InChI=1S/C33H36Cl2N4O5/c1-21(2)36-33(42)25-10-6-23(7-11-25)22-4-8-24(9-5-22)29(18-38-12-14-43-15-13-38)37(3)31(40)19-39-28-16-26(34)27(35)17-30(28)44-20-32(39)41/h4-11,16-17,21,29H,12-15,18-20H2,1-3H3,(H,36,42). The van der Waals surface area contributed by atoms with Gasteiger partial charge in [0.1, 0.15) is 12.3 Å². The van der Waals surface area contributed by atoms with Gasteiger partial charge in [-0.2, -0.15) is 0 Å². The number of hydrogen-bond acceptors (Lipinski definition) is 6. The number of nitrogens with zero attached hydrogens (tertiary/aromatic N) is 3. The zero-order chi connectivity index (χ0) is 31.4. The summed E-state index contributed by atoms with van der Waals surface area (Å²) in [5.74, 6) is -0.257. The number of amides is 3. The molecule has 1 atom stereocenters. The minimum absolute atomic E-state index is 0.0629. The third-order valence-corrected chi connectivity index (χ3v) is 8.55. The Morgan fingerprint density at radius 3 is 2.20 bits per heavy atom. The number of nitrogens with one attached hydrogen (secondary N) is 1. The molecular weight excluding hydrogens is 603 g/mol. The van der Waals surface area contributed by atoms with Crippen LogP contribution in [0.1, 0.15) is 35.8 Å². The number of morpholine rings is 1. The van der Waals surface area contributed by atoms with Crippen molar-refractivity contribution in [3.05, 3.63) is 81.8 Å². The van der Waals surface area contributed by atoms with Gasteiger partial charge < -0.3 is 19.7 Å². The lowest BCUT2D eigenvalue weighted by Gasteiger charge is -2.37. The average molecular weight is 640 g/mol. The first kappa shape index (κ1) is 31.8. The van der Waals surface area contributed by atoms with Gasteiger partial charge in [-0.3, -0.25) is 24.2 Å². The fraction of sp³-hybridized carbons (Fsp3) is 0.364. The number of hydrogen-bond donors (Lipinski definition) is 1. The van der Waals surface area contributed by atoms with E-state index >= 15 is 0 Å². The predicted octanol–water partition coefficient (Wildman–Crippen LogP) is 5.06. The highest BCUT2D eigenvalue weighted by Gasteiger charge is 2.32. The number of carbonyl (C=O) groups is 3. The molecule has 2 aliphatic rings. The quantitative estimate of drug-likeness (QED) is 0.352. The summed E-state index contributed by atoms with van der Waals surface area (Å²) in [5, 5.41) is 3.49. The molecule has 1 unspecified atom stereocenters. The Bertz CT molecular complexity index is 1510. The van der Waals surface area contributed by atoms with Crippen molar-refractivity contribution in [2.24, 2.45) is 0 Å². The van der Waals surface area contributed by atoms with Gasteiger partial charge in [-0.15, -0.1) is 0 Å². The van der Waals surface area contributed by atoms with Crippen LogP contribution in [0, 0.1) is 0 Å². The Kier molecular flexibility index (Phi) is 10.1. The van der Waals surface area contributed by atoms with Crippen LogP contribution >= 0.6 is 23.2 Å². The maximum absolute atomic E-state index is 13.8. The van der Waals surface area contributed by atoms with E-state index in [2.05, 4.69) is 10.2 Å². The first-order valence-corrected chi connectivity index (χ1v) is 15.4. The van der Waals surface area contributed by atoms with Crippen molar-refractivity contribution in [3.63, 3.8) is 0 Å². The summed E-state index contributed by atoms with van der Waals surface area (Å²) in [6, 6.07) is 18.5. The maximum atomic E-state index is 13.8. The zero-order valence-electron chi connectivity index (χ0n) is 25.0. The van der Waals surface area contributed by atoms with Crippen LogP contribution in [0.3, 0.4) is 0 Å². The molecule has 0 bridgehead atoms. The summed E-state index contributed by atoms with van der Waals surface area (Å²) in [6.07, 6.45) is 0. The van der Waals surface area contributed by atoms with Crippen molar-refractivity contribution in [2.45, 2.75) is 25.9 Å². The first-order chi connectivity index (χ1) is 21.1. The monoisotopic (exact) mass is 638 g/mol. The third kappa shape index (κ3) is 7.35. The highest BCUT2D eigenvalue weighted by molar-refractivity contribution is 6.42. The van der Waals surface area contributed by atoms with E-state index in [0.29, 0.717) is 41.8 Å². The highest BCUT2D eigenvalue weighted by atomic mass is 35.5. The Hall–Kier alpha value is -3.63. The summed E-state index contributed by atoms with van der Waals surface area (Å²) in [5.41, 5.74) is 3.97. The summed E-state index contributed by atoms with van der Waals surface area (Å²) >= 11 is 12.4. The van der Waals surface area contributed by atoms with E-state index < -0.39 is 0 Å². The zero-order valence-corrected chi connectivity index (χ0v) is 26.5. The molecule has 1 fully saturated rings. The van der Waals surface area contributed by atoms with Gasteiger partial charge in [0.25, 0.3) is 11.8 Å². The summed E-state index contributed by atoms with van der Waals surface area (Å²) < 4.78 is 11.1. The van der Waals surface area contributed by atoms with E-state index in [4.69, 9.17) is 32.7 Å². The van der Waals surface area contributed by atoms with Gasteiger partial charge in [0.05, 0.1) is 35.0 Å². The normalized spacial score (nSPS) is 15.9. The van der Waals surface area contributed by atoms with E-state index in [0.717, 1.165) is 29.8 Å². The Balaban J connectivity index is 1.36. The predicted molar refractivity (Wildman–Crippen MR) is 172 cm³/mol. The van der Waals surface area contributed by atoms with Crippen LogP contribution in [0.5, 0.6) is 5.75 Å². The van der Waals surface area contributed by atoms with Crippen LogP contribution in [0.25, 0.3) is 11.1 Å². The van der Waals surface area contributed by atoms with E-state index in [1.54, 1.807) is 24.1 Å². The van der Waals surface area contributed by atoms with Crippen molar-refractivity contribution >= 4 is 46.6 Å². The van der Waals surface area contributed by atoms with Crippen LogP contribution in [0.4, 0.5) is 5.69 Å². The molecule has 3 aromatic rings. The number of benzene rings is 3. The lowest BCUT2D eigenvalue weighted by molar-refractivity contribution is -0.133. The largest absolute Gasteiger partial charge is 0.482 e. The molecule has 0 spiro atoms. The van der Waals surface area contributed by atoms with Crippen molar-refractivity contribution < 1.29 is 23.9 Å². The van der Waals surface area contributed by atoms with Crippen LogP contribution < -0.4 is 15.0 Å². The van der Waals surface area contributed by atoms with Gasteiger partial charge in [-0.25, -0.2) is 0 Å². The molecular formula is C33H36Cl2N4O5. The second-order valence-electron chi connectivity index (χ2n) is 11.3. The molecule has 2 aliphatic heterocycles. The molecule has 5 rings (SSSR count). The summed E-state index contributed by atoms with van der Waals surface area (Å²) in [6.45, 7) is 6.91. The van der Waals surface area contributed by atoms with E-state index in [-0.39, 0.29) is 48.0 Å². The molecule has 0 aromatic heterocycles. The molecule has 3 aromatic carbocycles. The molecule has 2 heterocycles. The van der Waals surface area contributed by atoms with Gasteiger partial charge in [0.15, 0.2) is 6.61 Å². The van der Waals surface area contributed by atoms with E-state index in [9.17, 15) is 14.4 Å². The number of rotatable bonds is 9. The van der Waals surface area contributed by atoms with Crippen molar-refractivity contribution in [1.29, 1.82) is 0 Å². The molecule has 0 saturated carbocycles. The second kappa shape index (κ2) is 14.0. The van der Waals surface area contributed by atoms with Gasteiger partial charge in [0, 0.05) is 44.4 Å². The topological polar surface area (TPSA) is 91.4 Å². The smallest absolute Gasteiger partial charge is 0.265 e. The summed E-state index contributed by atoms with van der Waals surface area (Å²) in [7, 11) is 1.77. The molecule has 11 heteroatoms. The molecule has 0 radical (unpaired) electrons. The fourth-order valence-corrected chi connectivity index (χ4v) is 5.64. The Morgan fingerprint density at radius 1 is 0.955 bits per heavy atom. The van der Waals surface area contributed by atoms with Crippen LogP contribution in [0.2, 0.25) is 10.0 Å². The van der Waals surface area contributed by atoms with Gasteiger partial charge in [0.2, 0.25) is 5.91 Å². The molecule has 9 nitrogen and oxygen atoms in total. The molecule has 0 aliphatic carbocycles. The Labute approximate surface area is 267 Å². The highest BCUT2D eigenvalue weighted by Crippen LogP contribution is 2.39. The molecule has 1 saturated heterocycles. The van der Waals surface area contributed by atoms with Gasteiger partial charge >= 0.3 is 0 Å². The lowest BCUT2D eigenvalue weighted by atomic mass is 9.98. The minimum Gasteiger partial charge on any atom is -0.482 e. The van der Waals surface area contributed by atoms with Crippen LogP contribution in [0.15, 0.2) is 60.7 Å². The number of fused-ring (bicyclic) bond motifs is 1. The second-order valence-corrected chi connectivity index (χ2v) is 12.1. The fourth-order valence-electron chi connectivity index (χ4n) is 5.33. The van der Waals surface area contributed by atoms with Crippen LogP contribution in [-0.2, 0) is 14.3 Å². The van der Waals surface area contributed by atoms with Crippen molar-refractivity contribution in [1.82, 2.24) is 15.1 Å². The Morgan fingerprint density at radius 2 is 1.57 bits per heavy atom. The minimum atomic E-state index is -0.334. The number of carbonyl (C=O) groups excluding carboxylic acids is 3. The molecule has 232 valence electrons. The SMILES string of the molecule is CC(C)NC(=O)c1ccc(-c2ccc(C(CN3CCOCC3)N(C)C(=O)CN3C(=O)COc4cc(Cl)c(Cl)cc43)cc2)cc1. The van der Waals surface area contributed by atoms with Gasteiger partial charge in [-0.05, 0) is 48.7 Å². The molecule has 1 N–H and O–H groups in total.